The summed E-state index contributed by atoms with van der Waals surface area (Å²) in [4.78, 5) is 4.94. The first-order chi connectivity index (χ1) is 8.79. The predicted molar refractivity (Wildman–Crippen MR) is 71.5 cm³/mol. The molecule has 0 N–H and O–H groups in total. The Morgan fingerprint density at radius 2 is 2.22 bits per heavy atom. The van der Waals surface area contributed by atoms with Gasteiger partial charge in [-0.2, -0.15) is 5.26 Å². The van der Waals surface area contributed by atoms with Crippen molar-refractivity contribution in [2.75, 3.05) is 5.75 Å². The molecule has 4 nitrogen and oxygen atoms in total. The van der Waals surface area contributed by atoms with E-state index >= 15 is 0 Å². The Bertz CT molecular complexity index is 561. The zero-order valence-electron chi connectivity index (χ0n) is 9.58. The summed E-state index contributed by atoms with van der Waals surface area (Å²) in [7, 11) is 0. The molecule has 0 radical (unpaired) electrons. The van der Waals surface area contributed by atoms with Gasteiger partial charge in [0.2, 0.25) is 0 Å². The van der Waals surface area contributed by atoms with Crippen LogP contribution in [0.4, 0.5) is 0 Å². The van der Waals surface area contributed by atoms with Crippen molar-refractivity contribution < 1.29 is 0 Å². The van der Waals surface area contributed by atoms with E-state index in [2.05, 4.69) is 10.1 Å². The molecule has 18 heavy (non-hydrogen) atoms. The number of halogens is 1. The third kappa shape index (κ3) is 3.49. The van der Waals surface area contributed by atoms with Gasteiger partial charge >= 0.3 is 0 Å². The van der Waals surface area contributed by atoms with E-state index in [4.69, 9.17) is 16.9 Å². The lowest BCUT2D eigenvalue weighted by atomic mass is 10.4. The molecule has 1 aromatic carbocycles. The Kier molecular flexibility index (Phi) is 4.62. The summed E-state index contributed by atoms with van der Waals surface area (Å²) in [6, 6.07) is 9.70. The molecule has 1 heterocycles. The topological polar surface area (TPSA) is 54.5 Å². The van der Waals surface area contributed by atoms with Gasteiger partial charge in [-0.15, -0.1) is 16.9 Å². The first-order valence-electron chi connectivity index (χ1n) is 5.46. The largest absolute Gasteiger partial charge is 0.252 e. The van der Waals surface area contributed by atoms with E-state index in [1.807, 2.05) is 30.3 Å². The standard InChI is InChI=1S/C12H11ClN4S/c13-10-4-1-2-5-11(10)18-7-3-6-17-9-15-12(8-14)16-17/h1-2,4-5,9H,3,6-7H2. The van der Waals surface area contributed by atoms with Crippen molar-refractivity contribution in [2.45, 2.75) is 17.9 Å². The van der Waals surface area contributed by atoms with Gasteiger partial charge in [-0.3, -0.25) is 4.68 Å². The third-order valence-corrected chi connectivity index (χ3v) is 3.86. The van der Waals surface area contributed by atoms with E-state index < -0.39 is 0 Å². The quantitative estimate of drug-likeness (QED) is 0.623. The second-order valence-corrected chi connectivity index (χ2v) is 5.12. The molecule has 2 rings (SSSR count). The molecule has 0 aliphatic heterocycles. The highest BCUT2D eigenvalue weighted by Gasteiger charge is 2.01. The van der Waals surface area contributed by atoms with Gasteiger partial charge in [0.05, 0.1) is 5.02 Å². The van der Waals surface area contributed by atoms with Crippen LogP contribution in [0.5, 0.6) is 0 Å². The lowest BCUT2D eigenvalue weighted by Crippen LogP contribution is -2.00. The lowest BCUT2D eigenvalue weighted by Gasteiger charge is -2.03. The van der Waals surface area contributed by atoms with Crippen LogP contribution in [0.15, 0.2) is 35.5 Å². The highest BCUT2D eigenvalue weighted by Crippen LogP contribution is 2.26. The molecular weight excluding hydrogens is 268 g/mol. The van der Waals surface area contributed by atoms with Crippen LogP contribution < -0.4 is 0 Å². The van der Waals surface area contributed by atoms with Crippen molar-refractivity contribution in [1.29, 1.82) is 5.26 Å². The number of aromatic nitrogens is 3. The smallest absolute Gasteiger partial charge is 0.252 e. The van der Waals surface area contributed by atoms with E-state index in [0.29, 0.717) is 0 Å². The SMILES string of the molecule is N#Cc1ncn(CCCSc2ccccc2Cl)n1. The van der Waals surface area contributed by atoms with E-state index in [1.54, 1.807) is 22.8 Å². The van der Waals surface area contributed by atoms with Crippen molar-refractivity contribution in [3.63, 3.8) is 0 Å². The number of nitriles is 1. The molecule has 0 fully saturated rings. The van der Waals surface area contributed by atoms with Crippen molar-refractivity contribution >= 4 is 23.4 Å². The molecule has 0 atom stereocenters. The molecule has 1 aromatic heterocycles. The molecule has 0 saturated carbocycles. The van der Waals surface area contributed by atoms with Crippen LogP contribution in [0, 0.1) is 11.3 Å². The van der Waals surface area contributed by atoms with Gasteiger partial charge in [-0.05, 0) is 24.3 Å². The minimum Gasteiger partial charge on any atom is -0.252 e. The second-order valence-electron chi connectivity index (χ2n) is 3.58. The zero-order valence-corrected chi connectivity index (χ0v) is 11.2. The zero-order chi connectivity index (χ0) is 12.8. The minimum absolute atomic E-state index is 0.216. The predicted octanol–water partition coefficient (Wildman–Crippen LogP) is 2.99. The summed E-state index contributed by atoms with van der Waals surface area (Å²) in [6.45, 7) is 0.756. The van der Waals surface area contributed by atoms with E-state index in [1.165, 1.54) is 0 Å². The molecule has 0 unspecified atom stereocenters. The van der Waals surface area contributed by atoms with E-state index in [-0.39, 0.29) is 5.82 Å². The molecule has 0 amide bonds. The van der Waals surface area contributed by atoms with Crippen molar-refractivity contribution in [2.24, 2.45) is 0 Å². The highest BCUT2D eigenvalue weighted by atomic mass is 35.5. The van der Waals surface area contributed by atoms with Gasteiger partial charge in [0.1, 0.15) is 12.4 Å². The van der Waals surface area contributed by atoms with Crippen molar-refractivity contribution in [3.05, 3.63) is 41.4 Å². The van der Waals surface area contributed by atoms with Crippen LogP contribution in [-0.2, 0) is 6.54 Å². The lowest BCUT2D eigenvalue weighted by molar-refractivity contribution is 0.603. The molecule has 92 valence electrons. The Morgan fingerprint density at radius 1 is 1.39 bits per heavy atom. The van der Waals surface area contributed by atoms with Crippen molar-refractivity contribution in [3.8, 4) is 6.07 Å². The number of benzene rings is 1. The van der Waals surface area contributed by atoms with Gasteiger partial charge in [0.25, 0.3) is 5.82 Å². The fraction of sp³-hybridized carbons (Fsp3) is 0.250. The molecule has 0 saturated heterocycles. The van der Waals surface area contributed by atoms with Crippen LogP contribution in [-0.4, -0.2) is 20.5 Å². The van der Waals surface area contributed by atoms with E-state index in [9.17, 15) is 0 Å². The second kappa shape index (κ2) is 6.43. The molecule has 0 bridgehead atoms. The van der Waals surface area contributed by atoms with Gasteiger partial charge < -0.3 is 0 Å². The summed E-state index contributed by atoms with van der Waals surface area (Å²) in [5, 5.41) is 13.4. The molecule has 0 aliphatic rings. The highest BCUT2D eigenvalue weighted by molar-refractivity contribution is 7.99. The summed E-state index contributed by atoms with van der Waals surface area (Å²) in [5.74, 6) is 1.17. The number of hydrogen-bond acceptors (Lipinski definition) is 4. The van der Waals surface area contributed by atoms with E-state index in [0.717, 1.165) is 28.6 Å². The van der Waals surface area contributed by atoms with Crippen LogP contribution >= 0.6 is 23.4 Å². The number of rotatable bonds is 5. The van der Waals surface area contributed by atoms with Crippen molar-refractivity contribution in [1.82, 2.24) is 14.8 Å². The van der Waals surface area contributed by atoms with Gasteiger partial charge in [-0.25, -0.2) is 4.98 Å². The minimum atomic E-state index is 0.216. The molecule has 2 aromatic rings. The van der Waals surface area contributed by atoms with Gasteiger partial charge in [0, 0.05) is 11.4 Å². The molecular formula is C12H11ClN4S. The normalized spacial score (nSPS) is 10.2. The van der Waals surface area contributed by atoms with Crippen LogP contribution in [0.3, 0.4) is 0 Å². The monoisotopic (exact) mass is 278 g/mol. The Morgan fingerprint density at radius 3 is 2.94 bits per heavy atom. The Labute approximate surface area is 115 Å². The summed E-state index contributed by atoms with van der Waals surface area (Å²) >= 11 is 7.78. The maximum Gasteiger partial charge on any atom is 0.252 e. The summed E-state index contributed by atoms with van der Waals surface area (Å²) < 4.78 is 1.69. The fourth-order valence-electron chi connectivity index (χ4n) is 1.42. The Hall–Kier alpha value is -1.51. The summed E-state index contributed by atoms with van der Waals surface area (Å²) in [5.41, 5.74) is 0. The van der Waals surface area contributed by atoms with Gasteiger partial charge in [-0.1, -0.05) is 23.7 Å². The third-order valence-electron chi connectivity index (χ3n) is 2.26. The molecule has 0 aliphatic carbocycles. The summed E-state index contributed by atoms with van der Waals surface area (Å²) in [6.07, 6.45) is 2.53. The average molecular weight is 279 g/mol. The van der Waals surface area contributed by atoms with Crippen LogP contribution in [0.2, 0.25) is 5.02 Å². The maximum atomic E-state index is 8.59. The first-order valence-corrected chi connectivity index (χ1v) is 6.83. The number of nitrogens with zero attached hydrogens (tertiary/aromatic N) is 4. The number of aryl methyl sites for hydroxylation is 1. The maximum absolute atomic E-state index is 8.59. The first kappa shape index (κ1) is 12.9. The molecule has 0 spiro atoms. The fourth-order valence-corrected chi connectivity index (χ4v) is 2.60. The Balaban J connectivity index is 1.77. The van der Waals surface area contributed by atoms with Crippen LogP contribution in [0.1, 0.15) is 12.2 Å². The number of thioether (sulfide) groups is 1. The van der Waals surface area contributed by atoms with Crippen LogP contribution in [0.25, 0.3) is 0 Å². The van der Waals surface area contributed by atoms with Gasteiger partial charge in [0.15, 0.2) is 0 Å². The number of hydrogen-bond donors (Lipinski definition) is 0. The average Bonchev–Trinajstić information content (AvgIpc) is 2.84. The molecule has 6 heteroatoms.